The van der Waals surface area contributed by atoms with E-state index < -0.39 is 5.97 Å². The maximum atomic E-state index is 11.7. The number of rotatable bonds is 3. The second kappa shape index (κ2) is 4.39. The van der Waals surface area contributed by atoms with Crippen LogP contribution in [0, 0.1) is 0 Å². The summed E-state index contributed by atoms with van der Waals surface area (Å²) in [5.41, 5.74) is -0.0829. The normalized spacial score (nSPS) is 10.4. The van der Waals surface area contributed by atoms with Gasteiger partial charge in [0.05, 0.1) is 0 Å². The van der Waals surface area contributed by atoms with Gasteiger partial charge in [0.25, 0.3) is 5.91 Å². The van der Waals surface area contributed by atoms with Crippen LogP contribution in [0.25, 0.3) is 0 Å². The van der Waals surface area contributed by atoms with E-state index in [-0.39, 0.29) is 22.7 Å². The smallest absolute Gasteiger partial charge is 0.355 e. The first-order valence-electron chi connectivity index (χ1n) is 4.39. The zero-order chi connectivity index (χ0) is 11.6. The maximum absolute atomic E-state index is 11.7. The van der Waals surface area contributed by atoms with Gasteiger partial charge in [-0.3, -0.25) is 4.79 Å². The standard InChI is InChI=1S/C9H12N2O3S/c1-5(2)11(3)8(12)7-10-6(4-15-7)9(13)14/h4-5H,1-3H3,(H,13,14). The van der Waals surface area contributed by atoms with Crippen molar-refractivity contribution in [2.75, 3.05) is 7.05 Å². The molecule has 0 atom stereocenters. The van der Waals surface area contributed by atoms with Crippen LogP contribution in [0.5, 0.6) is 0 Å². The van der Waals surface area contributed by atoms with Crippen molar-refractivity contribution in [3.63, 3.8) is 0 Å². The molecule has 1 amide bonds. The number of hydrogen-bond acceptors (Lipinski definition) is 4. The third kappa shape index (κ3) is 2.53. The van der Waals surface area contributed by atoms with Crippen LogP contribution in [0.1, 0.15) is 34.1 Å². The molecule has 0 spiro atoms. The van der Waals surface area contributed by atoms with E-state index >= 15 is 0 Å². The van der Waals surface area contributed by atoms with E-state index in [1.165, 1.54) is 10.3 Å². The fourth-order valence-electron chi connectivity index (χ4n) is 0.856. The number of amides is 1. The Hall–Kier alpha value is -1.43. The van der Waals surface area contributed by atoms with Gasteiger partial charge in [-0.05, 0) is 13.8 Å². The number of nitrogens with zero attached hydrogens (tertiary/aromatic N) is 2. The molecular formula is C9H12N2O3S. The number of carboxylic acids is 1. The fraction of sp³-hybridized carbons (Fsp3) is 0.444. The molecule has 0 aliphatic rings. The number of carbonyl (C=O) groups excluding carboxylic acids is 1. The highest BCUT2D eigenvalue weighted by Gasteiger charge is 2.19. The molecule has 1 N–H and O–H groups in total. The third-order valence-corrected chi connectivity index (χ3v) is 2.83. The topological polar surface area (TPSA) is 70.5 Å². The first-order chi connectivity index (χ1) is 6.93. The average Bonchev–Trinajstić information content (AvgIpc) is 2.64. The van der Waals surface area contributed by atoms with Gasteiger partial charge in [0.2, 0.25) is 0 Å². The van der Waals surface area contributed by atoms with Gasteiger partial charge >= 0.3 is 5.97 Å². The predicted octanol–water partition coefficient (Wildman–Crippen LogP) is 1.32. The number of carbonyl (C=O) groups is 2. The summed E-state index contributed by atoms with van der Waals surface area (Å²) in [6.45, 7) is 3.76. The lowest BCUT2D eigenvalue weighted by atomic mass is 10.3. The number of carboxylic acid groups (broad SMARTS) is 1. The van der Waals surface area contributed by atoms with Crippen molar-refractivity contribution in [1.82, 2.24) is 9.88 Å². The summed E-state index contributed by atoms with van der Waals surface area (Å²) in [4.78, 5) is 27.5. The van der Waals surface area contributed by atoms with Crippen LogP contribution in [0.15, 0.2) is 5.38 Å². The predicted molar refractivity (Wildman–Crippen MR) is 56.3 cm³/mol. The molecule has 0 aromatic carbocycles. The van der Waals surface area contributed by atoms with Gasteiger partial charge in [0, 0.05) is 18.5 Å². The molecule has 82 valence electrons. The zero-order valence-corrected chi connectivity index (χ0v) is 9.54. The molecule has 0 radical (unpaired) electrons. The molecule has 6 heteroatoms. The molecule has 0 bridgehead atoms. The van der Waals surface area contributed by atoms with Gasteiger partial charge in [-0.2, -0.15) is 0 Å². The Morgan fingerprint density at radius 1 is 1.53 bits per heavy atom. The third-order valence-electron chi connectivity index (χ3n) is 2.00. The van der Waals surface area contributed by atoms with Crippen LogP contribution >= 0.6 is 11.3 Å². The lowest BCUT2D eigenvalue weighted by Crippen LogP contribution is -2.32. The summed E-state index contributed by atoms with van der Waals surface area (Å²) < 4.78 is 0. The van der Waals surface area contributed by atoms with Crippen LogP contribution in [-0.2, 0) is 0 Å². The minimum atomic E-state index is -1.11. The Labute approximate surface area is 91.4 Å². The molecule has 5 nitrogen and oxygen atoms in total. The quantitative estimate of drug-likeness (QED) is 0.847. The summed E-state index contributed by atoms with van der Waals surface area (Å²) in [5, 5.41) is 10.2. The minimum absolute atomic E-state index is 0.0645. The molecule has 15 heavy (non-hydrogen) atoms. The van der Waals surface area contributed by atoms with E-state index in [4.69, 9.17) is 5.11 Å². The van der Waals surface area contributed by atoms with Crippen molar-refractivity contribution in [1.29, 1.82) is 0 Å². The van der Waals surface area contributed by atoms with Crippen LogP contribution in [0.4, 0.5) is 0 Å². The minimum Gasteiger partial charge on any atom is -0.476 e. The van der Waals surface area contributed by atoms with Crippen LogP contribution in [0.3, 0.4) is 0 Å². The highest BCUT2D eigenvalue weighted by Crippen LogP contribution is 2.13. The maximum Gasteiger partial charge on any atom is 0.355 e. The van der Waals surface area contributed by atoms with Gasteiger partial charge in [-0.25, -0.2) is 9.78 Å². The molecule has 0 aliphatic carbocycles. The molecule has 0 saturated heterocycles. The van der Waals surface area contributed by atoms with Crippen LogP contribution in [0.2, 0.25) is 0 Å². The fourth-order valence-corrected chi connectivity index (χ4v) is 1.63. The molecule has 1 aromatic heterocycles. The molecule has 0 saturated carbocycles. The molecule has 1 rings (SSSR count). The molecular weight excluding hydrogens is 216 g/mol. The molecule has 1 heterocycles. The Bertz CT molecular complexity index is 386. The molecule has 1 aromatic rings. The summed E-state index contributed by atoms with van der Waals surface area (Å²) in [5.74, 6) is -1.36. The van der Waals surface area contributed by atoms with E-state index in [2.05, 4.69) is 4.98 Å². The van der Waals surface area contributed by atoms with Gasteiger partial charge in [0.15, 0.2) is 10.7 Å². The summed E-state index contributed by atoms with van der Waals surface area (Å²) in [6, 6.07) is 0.0645. The van der Waals surface area contributed by atoms with Crippen molar-refractivity contribution in [3.8, 4) is 0 Å². The monoisotopic (exact) mass is 228 g/mol. The molecule has 0 aliphatic heterocycles. The van der Waals surface area contributed by atoms with Crippen molar-refractivity contribution in [2.45, 2.75) is 19.9 Å². The number of aromatic carboxylic acids is 1. The number of thiazole rings is 1. The van der Waals surface area contributed by atoms with Crippen LogP contribution in [-0.4, -0.2) is 40.0 Å². The first-order valence-corrected chi connectivity index (χ1v) is 5.27. The highest BCUT2D eigenvalue weighted by molar-refractivity contribution is 7.11. The van der Waals surface area contributed by atoms with E-state index in [0.717, 1.165) is 11.3 Å². The van der Waals surface area contributed by atoms with Gasteiger partial charge in [0.1, 0.15) is 0 Å². The Balaban J connectivity index is 2.88. The number of aromatic nitrogens is 1. The lowest BCUT2D eigenvalue weighted by Gasteiger charge is -2.19. The second-order valence-corrected chi connectivity index (χ2v) is 4.21. The van der Waals surface area contributed by atoms with Crippen molar-refractivity contribution < 1.29 is 14.7 Å². The Morgan fingerprint density at radius 2 is 2.13 bits per heavy atom. The van der Waals surface area contributed by atoms with Gasteiger partial charge in [-0.1, -0.05) is 0 Å². The lowest BCUT2D eigenvalue weighted by molar-refractivity contribution is 0.0691. The first kappa shape index (κ1) is 11.6. The second-order valence-electron chi connectivity index (χ2n) is 3.35. The Kier molecular flexibility index (Phi) is 3.41. The van der Waals surface area contributed by atoms with Crippen molar-refractivity contribution >= 4 is 23.2 Å². The number of hydrogen-bond donors (Lipinski definition) is 1. The Morgan fingerprint density at radius 3 is 2.53 bits per heavy atom. The van der Waals surface area contributed by atoms with Gasteiger partial charge < -0.3 is 10.0 Å². The highest BCUT2D eigenvalue weighted by atomic mass is 32.1. The summed E-state index contributed by atoms with van der Waals surface area (Å²) in [7, 11) is 1.66. The molecule has 0 unspecified atom stereocenters. The van der Waals surface area contributed by atoms with Crippen molar-refractivity contribution in [3.05, 3.63) is 16.1 Å². The summed E-state index contributed by atoms with van der Waals surface area (Å²) in [6.07, 6.45) is 0. The average molecular weight is 228 g/mol. The zero-order valence-electron chi connectivity index (χ0n) is 8.72. The van der Waals surface area contributed by atoms with Crippen molar-refractivity contribution in [2.24, 2.45) is 0 Å². The van der Waals surface area contributed by atoms with E-state index in [9.17, 15) is 9.59 Å². The van der Waals surface area contributed by atoms with E-state index in [1.54, 1.807) is 7.05 Å². The van der Waals surface area contributed by atoms with E-state index in [0.29, 0.717) is 0 Å². The molecule has 0 fully saturated rings. The van der Waals surface area contributed by atoms with E-state index in [1.807, 2.05) is 13.8 Å². The SMILES string of the molecule is CC(C)N(C)C(=O)c1nc(C(=O)O)cs1. The van der Waals surface area contributed by atoms with Crippen LogP contribution < -0.4 is 0 Å². The van der Waals surface area contributed by atoms with Gasteiger partial charge in [-0.15, -0.1) is 11.3 Å². The largest absolute Gasteiger partial charge is 0.476 e. The summed E-state index contributed by atoms with van der Waals surface area (Å²) >= 11 is 1.05.